The molecule has 0 amide bonds. The standard InChI is InChI=1S/C17H15N3O3/c1-22-17(21)16(19-20-18)11-13-7-9-15(10-8-13)23-12-14-5-3-2-4-6-14/h2-11H,12H2,1H3. The maximum atomic E-state index is 11.5. The van der Waals surface area contributed by atoms with E-state index in [2.05, 4.69) is 14.8 Å². The molecule has 2 aromatic rings. The summed E-state index contributed by atoms with van der Waals surface area (Å²) in [5, 5.41) is 3.32. The number of hydrogen-bond acceptors (Lipinski definition) is 4. The molecule has 0 bridgehead atoms. The van der Waals surface area contributed by atoms with E-state index in [1.807, 2.05) is 30.3 Å². The minimum Gasteiger partial charge on any atom is -0.489 e. The van der Waals surface area contributed by atoms with Crippen LogP contribution in [-0.4, -0.2) is 13.1 Å². The van der Waals surface area contributed by atoms with E-state index in [1.54, 1.807) is 24.3 Å². The fourth-order valence-electron chi connectivity index (χ4n) is 1.84. The van der Waals surface area contributed by atoms with Crippen molar-refractivity contribution in [2.75, 3.05) is 7.11 Å². The molecular formula is C17H15N3O3. The van der Waals surface area contributed by atoms with Crippen LogP contribution in [-0.2, 0) is 16.1 Å². The predicted molar refractivity (Wildman–Crippen MR) is 86.4 cm³/mol. The van der Waals surface area contributed by atoms with Gasteiger partial charge in [-0.1, -0.05) is 47.6 Å². The molecule has 6 nitrogen and oxygen atoms in total. The Bertz CT molecular complexity index is 733. The smallest absolute Gasteiger partial charge is 0.340 e. The third-order valence-corrected chi connectivity index (χ3v) is 2.98. The molecule has 116 valence electrons. The summed E-state index contributed by atoms with van der Waals surface area (Å²) < 4.78 is 10.2. The van der Waals surface area contributed by atoms with Crippen LogP contribution in [0.2, 0.25) is 0 Å². The Balaban J connectivity index is 2.06. The number of rotatable bonds is 6. The highest BCUT2D eigenvalue weighted by molar-refractivity contribution is 5.93. The van der Waals surface area contributed by atoms with E-state index in [4.69, 9.17) is 10.3 Å². The van der Waals surface area contributed by atoms with Gasteiger partial charge in [0, 0.05) is 4.91 Å². The molecule has 23 heavy (non-hydrogen) atoms. The first-order valence-corrected chi connectivity index (χ1v) is 6.85. The third kappa shape index (κ3) is 4.91. The van der Waals surface area contributed by atoms with Crippen LogP contribution in [0.15, 0.2) is 65.4 Å². The van der Waals surface area contributed by atoms with Crippen molar-refractivity contribution in [3.8, 4) is 5.75 Å². The Hall–Kier alpha value is -3.24. The summed E-state index contributed by atoms with van der Waals surface area (Å²) >= 11 is 0. The van der Waals surface area contributed by atoms with Crippen LogP contribution >= 0.6 is 0 Å². The molecule has 0 saturated carbocycles. The van der Waals surface area contributed by atoms with E-state index in [-0.39, 0.29) is 5.70 Å². The van der Waals surface area contributed by atoms with Gasteiger partial charge in [0.25, 0.3) is 0 Å². The molecule has 0 saturated heterocycles. The number of carbonyl (C=O) groups is 1. The maximum Gasteiger partial charge on any atom is 0.340 e. The third-order valence-electron chi connectivity index (χ3n) is 2.98. The molecule has 6 heteroatoms. The monoisotopic (exact) mass is 309 g/mol. The molecule has 2 rings (SSSR count). The second kappa shape index (κ2) is 8.26. The zero-order valence-electron chi connectivity index (χ0n) is 12.5. The Morgan fingerprint density at radius 3 is 2.48 bits per heavy atom. The topological polar surface area (TPSA) is 84.3 Å². The fraction of sp³-hybridized carbons (Fsp3) is 0.118. The highest BCUT2D eigenvalue weighted by Crippen LogP contribution is 2.17. The first-order valence-electron chi connectivity index (χ1n) is 6.85. The lowest BCUT2D eigenvalue weighted by Gasteiger charge is -2.06. The quantitative estimate of drug-likeness (QED) is 0.265. The number of ether oxygens (including phenoxy) is 2. The van der Waals surface area contributed by atoms with Gasteiger partial charge in [-0.05, 0) is 34.9 Å². The van der Waals surface area contributed by atoms with Gasteiger partial charge in [0.05, 0.1) is 7.11 Å². The summed E-state index contributed by atoms with van der Waals surface area (Å²) in [6, 6.07) is 16.9. The molecule has 0 heterocycles. The predicted octanol–water partition coefficient (Wildman–Crippen LogP) is 4.09. The van der Waals surface area contributed by atoms with Crippen molar-refractivity contribution >= 4 is 12.0 Å². The fourth-order valence-corrected chi connectivity index (χ4v) is 1.84. The zero-order chi connectivity index (χ0) is 16.5. The summed E-state index contributed by atoms with van der Waals surface area (Å²) in [4.78, 5) is 14.1. The van der Waals surface area contributed by atoms with Crippen molar-refractivity contribution in [3.63, 3.8) is 0 Å². The lowest BCUT2D eigenvalue weighted by molar-refractivity contribution is -0.136. The van der Waals surface area contributed by atoms with Gasteiger partial charge in [-0.25, -0.2) is 4.79 Å². The molecule has 0 aliphatic heterocycles. The van der Waals surface area contributed by atoms with Crippen molar-refractivity contribution in [3.05, 3.63) is 81.9 Å². The van der Waals surface area contributed by atoms with Crippen LogP contribution in [0.1, 0.15) is 11.1 Å². The van der Waals surface area contributed by atoms with Gasteiger partial charge >= 0.3 is 5.97 Å². The van der Waals surface area contributed by atoms with Gasteiger partial charge in [0.2, 0.25) is 0 Å². The van der Waals surface area contributed by atoms with Gasteiger partial charge < -0.3 is 9.47 Å². The van der Waals surface area contributed by atoms with E-state index in [0.29, 0.717) is 17.9 Å². The highest BCUT2D eigenvalue weighted by Gasteiger charge is 2.07. The van der Waals surface area contributed by atoms with Crippen molar-refractivity contribution < 1.29 is 14.3 Å². The number of benzene rings is 2. The summed E-state index contributed by atoms with van der Waals surface area (Å²) in [7, 11) is 1.23. The number of carbonyl (C=O) groups excluding carboxylic acids is 1. The molecule has 0 radical (unpaired) electrons. The lowest BCUT2D eigenvalue weighted by atomic mass is 10.2. The zero-order valence-corrected chi connectivity index (χ0v) is 12.5. The average Bonchev–Trinajstić information content (AvgIpc) is 2.61. The van der Waals surface area contributed by atoms with Crippen LogP contribution in [0.4, 0.5) is 0 Å². The van der Waals surface area contributed by atoms with Crippen LogP contribution < -0.4 is 4.74 Å². The Labute approximate surface area is 133 Å². The SMILES string of the molecule is COC(=O)C(=Cc1ccc(OCc2ccccc2)cc1)N=[N+]=[N-]. The normalized spacial score (nSPS) is 10.6. The number of nitrogens with zero attached hydrogens (tertiary/aromatic N) is 3. The van der Waals surface area contributed by atoms with Crippen molar-refractivity contribution in [1.82, 2.24) is 0 Å². The second-order valence-electron chi connectivity index (χ2n) is 4.55. The van der Waals surface area contributed by atoms with Crippen LogP contribution in [0.25, 0.3) is 16.5 Å². The van der Waals surface area contributed by atoms with Crippen molar-refractivity contribution in [2.24, 2.45) is 5.11 Å². The molecule has 0 aliphatic rings. The van der Waals surface area contributed by atoms with Gasteiger partial charge in [0.1, 0.15) is 18.1 Å². The molecule has 2 aromatic carbocycles. The van der Waals surface area contributed by atoms with Crippen molar-refractivity contribution in [2.45, 2.75) is 6.61 Å². The number of methoxy groups -OCH3 is 1. The average molecular weight is 309 g/mol. The first kappa shape index (κ1) is 16.1. The Morgan fingerprint density at radius 2 is 1.87 bits per heavy atom. The minimum absolute atomic E-state index is 0.104. The van der Waals surface area contributed by atoms with E-state index >= 15 is 0 Å². The van der Waals surface area contributed by atoms with Crippen LogP contribution in [0, 0.1) is 0 Å². The summed E-state index contributed by atoms with van der Waals surface area (Å²) in [5.41, 5.74) is 10.1. The first-order chi connectivity index (χ1) is 11.2. The minimum atomic E-state index is -0.688. The summed E-state index contributed by atoms with van der Waals surface area (Å²) in [6.45, 7) is 0.474. The van der Waals surface area contributed by atoms with Crippen molar-refractivity contribution in [1.29, 1.82) is 0 Å². The molecule has 0 atom stereocenters. The van der Waals surface area contributed by atoms with E-state index < -0.39 is 5.97 Å². The van der Waals surface area contributed by atoms with Crippen LogP contribution in [0.3, 0.4) is 0 Å². The number of azide groups is 1. The number of hydrogen-bond donors (Lipinski definition) is 0. The number of esters is 1. The molecule has 0 aliphatic carbocycles. The molecule has 0 aromatic heterocycles. The summed E-state index contributed by atoms with van der Waals surface area (Å²) in [5.74, 6) is 0.0154. The second-order valence-corrected chi connectivity index (χ2v) is 4.55. The van der Waals surface area contributed by atoms with E-state index in [9.17, 15) is 4.79 Å². The van der Waals surface area contributed by atoms with Gasteiger partial charge in [-0.15, -0.1) is 0 Å². The largest absolute Gasteiger partial charge is 0.489 e. The maximum absolute atomic E-state index is 11.5. The molecule has 0 fully saturated rings. The molecule has 0 unspecified atom stereocenters. The van der Waals surface area contributed by atoms with Crippen LogP contribution in [0.5, 0.6) is 5.75 Å². The highest BCUT2D eigenvalue weighted by atomic mass is 16.5. The van der Waals surface area contributed by atoms with E-state index in [1.165, 1.54) is 13.2 Å². The Morgan fingerprint density at radius 1 is 1.17 bits per heavy atom. The molecule has 0 spiro atoms. The van der Waals surface area contributed by atoms with E-state index in [0.717, 1.165) is 5.56 Å². The molecule has 0 N–H and O–H groups in total. The van der Waals surface area contributed by atoms with Gasteiger partial charge in [0.15, 0.2) is 0 Å². The summed E-state index contributed by atoms with van der Waals surface area (Å²) in [6.07, 6.45) is 1.45. The van der Waals surface area contributed by atoms with Gasteiger partial charge in [-0.3, -0.25) is 0 Å². The Kier molecular flexibility index (Phi) is 5.80. The lowest BCUT2D eigenvalue weighted by Crippen LogP contribution is -2.01. The van der Waals surface area contributed by atoms with Gasteiger partial charge in [-0.2, -0.15) is 0 Å². The molecular weight excluding hydrogens is 294 g/mol.